The van der Waals surface area contributed by atoms with Crippen LogP contribution in [0.2, 0.25) is 0 Å². The number of halogens is 3. The third kappa shape index (κ3) is 5.16. The number of alkyl halides is 3. The predicted octanol–water partition coefficient (Wildman–Crippen LogP) is 2.87. The monoisotopic (exact) mass is 428 g/mol. The second-order valence-corrected chi connectivity index (χ2v) is 7.78. The van der Waals surface area contributed by atoms with Crippen LogP contribution in [0, 0.1) is 5.92 Å². The molecule has 0 unspecified atom stereocenters. The number of nitrogens with zero attached hydrogens (tertiary/aromatic N) is 3. The van der Waals surface area contributed by atoms with E-state index in [1.165, 1.54) is 11.0 Å². The largest absolute Gasteiger partial charge is 0.416 e. The summed E-state index contributed by atoms with van der Waals surface area (Å²) in [5, 5.41) is 2.71. The SMILES string of the molecule is CN(C)C(=O)N1CCC[C@H](C(=O)Nc2cc(C(F)(F)F)ccc2N2CCOCC2)C1. The Morgan fingerprint density at radius 3 is 2.50 bits per heavy atom. The summed E-state index contributed by atoms with van der Waals surface area (Å²) in [5.41, 5.74) is -0.146. The van der Waals surface area contributed by atoms with Gasteiger partial charge in [0.05, 0.1) is 36.1 Å². The molecule has 0 saturated carbocycles. The molecule has 1 aromatic rings. The molecule has 2 aliphatic rings. The van der Waals surface area contributed by atoms with Crippen molar-refractivity contribution < 1.29 is 27.5 Å². The van der Waals surface area contributed by atoms with Crippen molar-refractivity contribution in [1.29, 1.82) is 0 Å². The van der Waals surface area contributed by atoms with E-state index in [4.69, 9.17) is 4.74 Å². The number of benzene rings is 1. The molecule has 30 heavy (non-hydrogen) atoms. The third-order valence-electron chi connectivity index (χ3n) is 5.38. The van der Waals surface area contributed by atoms with Gasteiger partial charge in [0.25, 0.3) is 0 Å². The van der Waals surface area contributed by atoms with Gasteiger partial charge in [-0.05, 0) is 31.0 Å². The highest BCUT2D eigenvalue weighted by Gasteiger charge is 2.33. The molecule has 2 heterocycles. The summed E-state index contributed by atoms with van der Waals surface area (Å²) in [6.45, 7) is 2.81. The Kier molecular flexibility index (Phi) is 6.74. The zero-order valence-corrected chi connectivity index (χ0v) is 17.2. The molecule has 3 rings (SSSR count). The van der Waals surface area contributed by atoms with E-state index in [2.05, 4.69) is 5.32 Å². The van der Waals surface area contributed by atoms with E-state index in [0.717, 1.165) is 12.1 Å². The fourth-order valence-corrected chi connectivity index (χ4v) is 3.78. The zero-order valence-electron chi connectivity index (χ0n) is 17.2. The molecular weight excluding hydrogens is 401 g/mol. The van der Waals surface area contributed by atoms with Gasteiger partial charge < -0.3 is 24.8 Å². The Labute approximate surface area is 173 Å². The van der Waals surface area contributed by atoms with Gasteiger partial charge in [0, 0.05) is 40.3 Å². The van der Waals surface area contributed by atoms with E-state index >= 15 is 0 Å². The molecule has 1 N–H and O–H groups in total. The predicted molar refractivity (Wildman–Crippen MR) is 106 cm³/mol. The van der Waals surface area contributed by atoms with Crippen LogP contribution in [0.3, 0.4) is 0 Å². The molecule has 7 nitrogen and oxygen atoms in total. The van der Waals surface area contributed by atoms with Crippen LogP contribution in [-0.2, 0) is 15.7 Å². The van der Waals surface area contributed by atoms with Crippen molar-refractivity contribution in [2.45, 2.75) is 19.0 Å². The second-order valence-electron chi connectivity index (χ2n) is 7.78. The maximum atomic E-state index is 13.3. The average Bonchev–Trinajstić information content (AvgIpc) is 2.73. The summed E-state index contributed by atoms with van der Waals surface area (Å²) < 4.78 is 45.1. The average molecular weight is 428 g/mol. The van der Waals surface area contributed by atoms with Gasteiger partial charge in [0.15, 0.2) is 0 Å². The fourth-order valence-electron chi connectivity index (χ4n) is 3.78. The lowest BCUT2D eigenvalue weighted by Crippen LogP contribution is -2.47. The summed E-state index contributed by atoms with van der Waals surface area (Å²) >= 11 is 0. The van der Waals surface area contributed by atoms with E-state index in [9.17, 15) is 22.8 Å². The molecular formula is C20H27F3N4O3. The Morgan fingerprint density at radius 1 is 1.17 bits per heavy atom. The van der Waals surface area contributed by atoms with Crippen molar-refractivity contribution in [2.24, 2.45) is 5.92 Å². The molecule has 2 saturated heterocycles. The van der Waals surface area contributed by atoms with Crippen molar-refractivity contribution in [1.82, 2.24) is 9.80 Å². The normalized spacial score (nSPS) is 20.1. The fraction of sp³-hybridized carbons (Fsp3) is 0.600. The molecule has 166 valence electrons. The first-order valence-electron chi connectivity index (χ1n) is 9.98. The molecule has 10 heteroatoms. The summed E-state index contributed by atoms with van der Waals surface area (Å²) in [6, 6.07) is 3.22. The van der Waals surface area contributed by atoms with Gasteiger partial charge in [-0.15, -0.1) is 0 Å². The van der Waals surface area contributed by atoms with Crippen LogP contribution in [0.4, 0.5) is 29.3 Å². The van der Waals surface area contributed by atoms with E-state index in [1.54, 1.807) is 19.0 Å². The number of nitrogens with one attached hydrogen (secondary N) is 1. The summed E-state index contributed by atoms with van der Waals surface area (Å²) in [5.74, 6) is -0.852. The van der Waals surface area contributed by atoms with Crippen molar-refractivity contribution in [3.8, 4) is 0 Å². The summed E-state index contributed by atoms with van der Waals surface area (Å²) in [4.78, 5) is 30.1. The van der Waals surface area contributed by atoms with Gasteiger partial charge in [-0.25, -0.2) is 4.79 Å². The smallest absolute Gasteiger partial charge is 0.378 e. The highest BCUT2D eigenvalue weighted by molar-refractivity contribution is 5.96. The van der Waals surface area contributed by atoms with Crippen LogP contribution in [0.5, 0.6) is 0 Å². The van der Waals surface area contributed by atoms with E-state index in [1.807, 2.05) is 4.90 Å². The van der Waals surface area contributed by atoms with E-state index in [-0.39, 0.29) is 24.2 Å². The van der Waals surface area contributed by atoms with Crippen LogP contribution >= 0.6 is 0 Å². The Morgan fingerprint density at radius 2 is 1.87 bits per heavy atom. The van der Waals surface area contributed by atoms with Gasteiger partial charge >= 0.3 is 12.2 Å². The van der Waals surface area contributed by atoms with Crippen molar-refractivity contribution in [3.05, 3.63) is 23.8 Å². The Hall–Kier alpha value is -2.49. The lowest BCUT2D eigenvalue weighted by atomic mass is 9.97. The van der Waals surface area contributed by atoms with Gasteiger partial charge in [-0.3, -0.25) is 4.79 Å². The maximum absolute atomic E-state index is 13.3. The number of likely N-dealkylation sites (tertiary alicyclic amines) is 1. The first kappa shape index (κ1) is 22.2. The molecule has 1 aromatic carbocycles. The number of hydrogen-bond donors (Lipinski definition) is 1. The number of ether oxygens (including phenoxy) is 1. The van der Waals surface area contributed by atoms with Crippen LogP contribution in [-0.4, -0.2) is 75.2 Å². The maximum Gasteiger partial charge on any atom is 0.416 e. The van der Waals surface area contributed by atoms with Gasteiger partial charge in [-0.1, -0.05) is 0 Å². The number of hydrogen-bond acceptors (Lipinski definition) is 4. The van der Waals surface area contributed by atoms with Crippen LogP contribution < -0.4 is 10.2 Å². The third-order valence-corrected chi connectivity index (χ3v) is 5.38. The molecule has 2 fully saturated rings. The molecule has 0 aromatic heterocycles. The lowest BCUT2D eigenvalue weighted by Gasteiger charge is -2.34. The molecule has 3 amide bonds. The highest BCUT2D eigenvalue weighted by Crippen LogP contribution is 2.36. The van der Waals surface area contributed by atoms with Gasteiger partial charge in [-0.2, -0.15) is 13.2 Å². The van der Waals surface area contributed by atoms with Crippen molar-refractivity contribution in [2.75, 3.05) is 63.7 Å². The number of rotatable bonds is 3. The van der Waals surface area contributed by atoms with E-state index < -0.39 is 17.7 Å². The van der Waals surface area contributed by atoms with Gasteiger partial charge in [0.2, 0.25) is 5.91 Å². The second kappa shape index (κ2) is 9.11. The minimum absolute atomic E-state index is 0.132. The Bertz CT molecular complexity index is 779. The number of piperidine rings is 1. The number of carbonyl (C=O) groups is 2. The van der Waals surface area contributed by atoms with E-state index in [0.29, 0.717) is 51.4 Å². The molecule has 0 spiro atoms. The first-order chi connectivity index (χ1) is 14.2. The molecule has 0 bridgehead atoms. The number of urea groups is 1. The number of morpholine rings is 1. The lowest BCUT2D eigenvalue weighted by molar-refractivity contribution is -0.137. The molecule has 0 aliphatic carbocycles. The Balaban J connectivity index is 1.81. The molecule has 0 radical (unpaired) electrons. The first-order valence-corrected chi connectivity index (χ1v) is 9.98. The van der Waals surface area contributed by atoms with Gasteiger partial charge in [0.1, 0.15) is 0 Å². The zero-order chi connectivity index (χ0) is 21.9. The highest BCUT2D eigenvalue weighted by atomic mass is 19.4. The quantitative estimate of drug-likeness (QED) is 0.804. The topological polar surface area (TPSA) is 65.1 Å². The number of anilines is 2. The van der Waals surface area contributed by atoms with Crippen molar-refractivity contribution in [3.63, 3.8) is 0 Å². The van der Waals surface area contributed by atoms with Crippen LogP contribution in [0.15, 0.2) is 18.2 Å². The summed E-state index contributed by atoms with van der Waals surface area (Å²) in [7, 11) is 3.28. The standard InChI is InChI=1S/C20H27F3N4O3/c1-25(2)19(29)27-7-3-4-14(13-27)18(28)24-16-12-15(20(21,22)23)5-6-17(16)26-8-10-30-11-9-26/h5-6,12,14H,3-4,7-11,13H2,1-2H3,(H,24,28)/t14-/m0/s1. The van der Waals surface area contributed by atoms with Crippen LogP contribution in [0.1, 0.15) is 18.4 Å². The minimum Gasteiger partial charge on any atom is -0.378 e. The molecule has 2 aliphatic heterocycles. The summed E-state index contributed by atoms with van der Waals surface area (Å²) in [6.07, 6.45) is -3.27. The molecule has 1 atom stereocenters. The number of carbonyl (C=O) groups excluding carboxylic acids is 2. The minimum atomic E-state index is -4.51. The van der Waals surface area contributed by atoms with Crippen LogP contribution in [0.25, 0.3) is 0 Å². The number of amides is 3. The van der Waals surface area contributed by atoms with Crippen molar-refractivity contribution >= 4 is 23.3 Å².